The van der Waals surface area contributed by atoms with Crippen LogP contribution >= 0.6 is 27.3 Å². The Morgan fingerprint density at radius 2 is 2.08 bits per heavy atom. The van der Waals surface area contributed by atoms with Crippen LogP contribution in [0, 0.1) is 0 Å². The van der Waals surface area contributed by atoms with Crippen molar-refractivity contribution < 1.29 is 9.53 Å². The van der Waals surface area contributed by atoms with Gasteiger partial charge in [0.15, 0.2) is 0 Å². The second-order valence-electron chi connectivity index (χ2n) is 5.87. The second-order valence-corrected chi connectivity index (χ2v) is 7.75. The van der Waals surface area contributed by atoms with Crippen molar-refractivity contribution in [3.63, 3.8) is 0 Å². The van der Waals surface area contributed by atoms with E-state index in [-0.39, 0.29) is 11.9 Å². The van der Waals surface area contributed by atoms with Crippen LogP contribution in [0.3, 0.4) is 0 Å². The molecule has 0 unspecified atom stereocenters. The van der Waals surface area contributed by atoms with Crippen molar-refractivity contribution in [3.8, 4) is 5.75 Å². The highest BCUT2D eigenvalue weighted by atomic mass is 79.9. The van der Waals surface area contributed by atoms with Crippen molar-refractivity contribution in [3.05, 3.63) is 57.4 Å². The Balaban J connectivity index is 1.69. The van der Waals surface area contributed by atoms with Gasteiger partial charge in [0.25, 0.3) is 5.91 Å². The first kappa shape index (κ1) is 16.4. The van der Waals surface area contributed by atoms with Crippen LogP contribution in [0.25, 0.3) is 10.1 Å². The van der Waals surface area contributed by atoms with E-state index >= 15 is 0 Å². The molecule has 2 N–H and O–H groups in total. The first-order valence-corrected chi connectivity index (χ1v) is 9.71. The summed E-state index contributed by atoms with van der Waals surface area (Å²) >= 11 is 5.08. The van der Waals surface area contributed by atoms with Gasteiger partial charge in [0.05, 0.1) is 23.0 Å². The summed E-state index contributed by atoms with van der Waals surface area (Å²) < 4.78 is 7.76. The molecule has 0 radical (unpaired) electrons. The lowest BCUT2D eigenvalue weighted by Gasteiger charge is -2.26. The lowest BCUT2D eigenvalue weighted by Crippen LogP contribution is -2.32. The molecule has 2 heterocycles. The molecular weight excluding hydrogens is 400 g/mol. The molecule has 0 saturated heterocycles. The summed E-state index contributed by atoms with van der Waals surface area (Å²) in [6, 6.07) is 13.9. The van der Waals surface area contributed by atoms with Crippen molar-refractivity contribution in [2.24, 2.45) is 0 Å². The van der Waals surface area contributed by atoms with E-state index in [1.807, 2.05) is 49.5 Å². The third-order valence-electron chi connectivity index (χ3n) is 4.39. The Morgan fingerprint density at radius 3 is 2.92 bits per heavy atom. The molecule has 0 aliphatic carbocycles. The molecule has 1 aliphatic rings. The number of anilines is 1. The highest BCUT2D eigenvalue weighted by Crippen LogP contribution is 2.40. The Bertz CT molecular complexity index is 954. The van der Waals surface area contributed by atoms with Crippen molar-refractivity contribution in [2.75, 3.05) is 19.0 Å². The lowest BCUT2D eigenvalue weighted by molar-refractivity contribution is 0.0929. The first-order valence-electron chi connectivity index (χ1n) is 8.10. The number of hydrogen-bond acceptors (Lipinski definition) is 4. The molecule has 1 atom stereocenters. The maximum Gasteiger partial charge on any atom is 0.264 e. The van der Waals surface area contributed by atoms with E-state index in [0.717, 1.165) is 38.0 Å². The average Bonchev–Trinajstić information content (AvgIpc) is 3.02. The predicted molar refractivity (Wildman–Crippen MR) is 106 cm³/mol. The summed E-state index contributed by atoms with van der Waals surface area (Å²) in [6.07, 6.45) is 0.770. The molecule has 25 heavy (non-hydrogen) atoms. The van der Waals surface area contributed by atoms with E-state index in [1.54, 1.807) is 0 Å². The number of fused-ring (bicyclic) bond motifs is 2. The van der Waals surface area contributed by atoms with E-state index in [2.05, 4.69) is 26.6 Å². The lowest BCUT2D eigenvalue weighted by atomic mass is 10.0. The average molecular weight is 417 g/mol. The summed E-state index contributed by atoms with van der Waals surface area (Å²) in [7, 11) is 1.85. The molecule has 4 rings (SSSR count). The van der Waals surface area contributed by atoms with Crippen LogP contribution in [0.5, 0.6) is 5.75 Å². The number of nitrogens with one attached hydrogen (secondary N) is 2. The Labute approximate surface area is 158 Å². The first-order chi connectivity index (χ1) is 12.2. The van der Waals surface area contributed by atoms with Crippen LogP contribution in [0.15, 0.2) is 46.9 Å². The van der Waals surface area contributed by atoms with Crippen molar-refractivity contribution in [1.82, 2.24) is 5.32 Å². The van der Waals surface area contributed by atoms with Crippen LogP contribution in [0.1, 0.15) is 27.7 Å². The standard InChI is InChI=1S/C19H17BrN2O2S/c1-21-16-12-6-4-7-13(20)17(12)25-18(16)19(23)22-14-9-10-24-15-8-3-2-5-11(14)15/h2-8,14,21H,9-10H2,1H3,(H,22,23)/t14-/m0/s1. The molecule has 3 aromatic rings. The van der Waals surface area contributed by atoms with Crippen molar-refractivity contribution >= 4 is 48.9 Å². The number of carbonyl (C=O) groups is 1. The summed E-state index contributed by atoms with van der Waals surface area (Å²) in [5, 5.41) is 7.42. The SMILES string of the molecule is CNc1c(C(=O)N[C@H]2CCOc3ccccc32)sc2c(Br)cccc12. The van der Waals surface area contributed by atoms with E-state index in [1.165, 1.54) is 11.3 Å². The Kier molecular flexibility index (Phi) is 4.39. The van der Waals surface area contributed by atoms with Crippen LogP contribution in [-0.4, -0.2) is 19.6 Å². The topological polar surface area (TPSA) is 50.4 Å². The van der Waals surface area contributed by atoms with Crippen LogP contribution in [0.2, 0.25) is 0 Å². The fraction of sp³-hybridized carbons (Fsp3) is 0.211. The number of hydrogen-bond donors (Lipinski definition) is 2. The third-order valence-corrected chi connectivity index (χ3v) is 6.55. The number of benzene rings is 2. The predicted octanol–water partition coefficient (Wildman–Crippen LogP) is 4.96. The molecule has 1 aliphatic heterocycles. The Morgan fingerprint density at radius 1 is 1.24 bits per heavy atom. The zero-order chi connectivity index (χ0) is 17.4. The van der Waals surface area contributed by atoms with Crippen molar-refractivity contribution in [2.45, 2.75) is 12.5 Å². The van der Waals surface area contributed by atoms with Crippen LogP contribution in [0.4, 0.5) is 5.69 Å². The molecule has 0 bridgehead atoms. The number of para-hydroxylation sites is 1. The second kappa shape index (κ2) is 6.69. The molecule has 128 valence electrons. The maximum absolute atomic E-state index is 13.0. The summed E-state index contributed by atoms with van der Waals surface area (Å²) in [6.45, 7) is 0.610. The molecule has 1 amide bonds. The van der Waals surface area contributed by atoms with Gasteiger partial charge >= 0.3 is 0 Å². The number of amides is 1. The minimum atomic E-state index is -0.0563. The van der Waals surface area contributed by atoms with Crippen LogP contribution < -0.4 is 15.4 Å². The maximum atomic E-state index is 13.0. The molecule has 6 heteroatoms. The number of ether oxygens (including phenoxy) is 1. The normalized spacial score (nSPS) is 16.2. The minimum Gasteiger partial charge on any atom is -0.493 e. The van der Waals surface area contributed by atoms with Gasteiger partial charge in [0, 0.05) is 28.9 Å². The van der Waals surface area contributed by atoms with E-state index in [9.17, 15) is 4.79 Å². The van der Waals surface area contributed by atoms with E-state index in [4.69, 9.17) is 4.74 Å². The number of rotatable bonds is 3. The smallest absolute Gasteiger partial charge is 0.264 e. The number of carbonyl (C=O) groups excluding carboxylic acids is 1. The monoisotopic (exact) mass is 416 g/mol. The largest absolute Gasteiger partial charge is 0.493 e. The number of halogens is 1. The summed E-state index contributed by atoms with van der Waals surface area (Å²) in [5.41, 5.74) is 1.91. The van der Waals surface area contributed by atoms with Gasteiger partial charge in [-0.1, -0.05) is 30.3 Å². The van der Waals surface area contributed by atoms with E-state index < -0.39 is 0 Å². The molecule has 4 nitrogen and oxygen atoms in total. The van der Waals surface area contributed by atoms with Gasteiger partial charge in [-0.2, -0.15) is 0 Å². The molecule has 0 fully saturated rings. The van der Waals surface area contributed by atoms with Gasteiger partial charge < -0.3 is 15.4 Å². The molecule has 2 aromatic carbocycles. The zero-order valence-electron chi connectivity index (χ0n) is 13.6. The van der Waals surface area contributed by atoms with Crippen LogP contribution in [-0.2, 0) is 0 Å². The van der Waals surface area contributed by atoms with Gasteiger partial charge in [-0.3, -0.25) is 4.79 Å². The number of thiophene rings is 1. The molecule has 0 saturated carbocycles. The highest BCUT2D eigenvalue weighted by molar-refractivity contribution is 9.10. The minimum absolute atomic E-state index is 0.0317. The van der Waals surface area contributed by atoms with Crippen molar-refractivity contribution in [1.29, 1.82) is 0 Å². The molecule has 1 aromatic heterocycles. The molecular formula is C19H17BrN2O2S. The van der Waals surface area contributed by atoms with Gasteiger partial charge in [-0.05, 0) is 28.1 Å². The molecule has 0 spiro atoms. The van der Waals surface area contributed by atoms with Gasteiger partial charge in [-0.25, -0.2) is 0 Å². The summed E-state index contributed by atoms with van der Waals surface area (Å²) in [4.78, 5) is 13.7. The fourth-order valence-electron chi connectivity index (χ4n) is 3.21. The third kappa shape index (κ3) is 2.89. The fourth-order valence-corrected chi connectivity index (χ4v) is 4.93. The van der Waals surface area contributed by atoms with Gasteiger partial charge in [0.1, 0.15) is 10.6 Å². The highest BCUT2D eigenvalue weighted by Gasteiger charge is 2.25. The van der Waals surface area contributed by atoms with E-state index in [0.29, 0.717) is 11.5 Å². The van der Waals surface area contributed by atoms with Gasteiger partial charge in [0.2, 0.25) is 0 Å². The zero-order valence-corrected chi connectivity index (χ0v) is 16.0. The Hall–Kier alpha value is -2.05. The quantitative estimate of drug-likeness (QED) is 0.634. The summed E-state index contributed by atoms with van der Waals surface area (Å²) in [5.74, 6) is 0.797. The van der Waals surface area contributed by atoms with Gasteiger partial charge in [-0.15, -0.1) is 11.3 Å².